The van der Waals surface area contributed by atoms with Crippen LogP contribution in [-0.4, -0.2) is 75.5 Å². The highest BCUT2D eigenvalue weighted by atomic mass is 16.6. The van der Waals surface area contributed by atoms with Crippen molar-refractivity contribution in [3.63, 3.8) is 0 Å². The molecule has 0 saturated carbocycles. The summed E-state index contributed by atoms with van der Waals surface area (Å²) in [5.74, 6) is -1.82. The van der Waals surface area contributed by atoms with Crippen molar-refractivity contribution in [1.82, 2.24) is 0 Å². The molecule has 0 aliphatic carbocycles. The Balaban J connectivity index is 4.31. The molecular formula is C62H105NO7. The summed E-state index contributed by atoms with van der Waals surface area (Å²) >= 11 is 0. The van der Waals surface area contributed by atoms with E-state index in [9.17, 15) is 19.5 Å². The van der Waals surface area contributed by atoms with Gasteiger partial charge in [0.15, 0.2) is 6.10 Å². The summed E-state index contributed by atoms with van der Waals surface area (Å²) in [6.07, 6.45) is 70.3. The fourth-order valence-electron chi connectivity index (χ4n) is 7.88. The molecule has 8 heteroatoms. The number of carbonyl (C=O) groups is 3. The highest BCUT2D eigenvalue weighted by Crippen LogP contribution is 2.15. The van der Waals surface area contributed by atoms with Crippen molar-refractivity contribution in [1.29, 1.82) is 0 Å². The van der Waals surface area contributed by atoms with Crippen LogP contribution in [0.2, 0.25) is 0 Å². The minimum absolute atomic E-state index is 0.0109. The highest BCUT2D eigenvalue weighted by molar-refractivity contribution is 5.70. The van der Waals surface area contributed by atoms with E-state index in [1.807, 2.05) is 0 Å². The Kier molecular flexibility index (Phi) is 48.8. The first-order chi connectivity index (χ1) is 34.1. The lowest BCUT2D eigenvalue weighted by atomic mass is 10.0. The third-order valence-corrected chi connectivity index (χ3v) is 12.2. The van der Waals surface area contributed by atoms with Gasteiger partial charge in [-0.2, -0.15) is 0 Å². The van der Waals surface area contributed by atoms with E-state index in [1.165, 1.54) is 116 Å². The number of carboxylic acids is 1. The number of allylic oxidation sites excluding steroid dienone is 16. The normalized spacial score (nSPS) is 13.6. The molecule has 0 aromatic rings. The van der Waals surface area contributed by atoms with Crippen molar-refractivity contribution < 1.29 is 38.2 Å². The Morgan fingerprint density at radius 3 is 1.24 bits per heavy atom. The number of hydrogen-bond donors (Lipinski definition) is 0. The van der Waals surface area contributed by atoms with Gasteiger partial charge in [0.2, 0.25) is 0 Å². The number of carboxylic acid groups (broad SMARTS) is 1. The van der Waals surface area contributed by atoms with Gasteiger partial charge in [-0.25, -0.2) is 0 Å². The van der Waals surface area contributed by atoms with Crippen molar-refractivity contribution in [2.45, 2.75) is 238 Å². The minimum atomic E-state index is -1.14. The van der Waals surface area contributed by atoms with Crippen LogP contribution in [0, 0.1) is 0 Å². The molecule has 0 rings (SSSR count). The summed E-state index contributed by atoms with van der Waals surface area (Å²) < 4.78 is 17.2. The zero-order valence-electron chi connectivity index (χ0n) is 45.7. The number of esters is 2. The maximum Gasteiger partial charge on any atom is 0.306 e. The number of quaternary nitrogens is 1. The Hall–Kier alpha value is -3.75. The Bertz CT molecular complexity index is 1460. The molecule has 0 aromatic carbocycles. The van der Waals surface area contributed by atoms with E-state index in [4.69, 9.17) is 14.2 Å². The van der Waals surface area contributed by atoms with Gasteiger partial charge < -0.3 is 28.6 Å². The smallest absolute Gasteiger partial charge is 0.306 e. The predicted molar refractivity (Wildman–Crippen MR) is 295 cm³/mol. The molecule has 0 aliphatic heterocycles. The first kappa shape index (κ1) is 66.2. The van der Waals surface area contributed by atoms with Crippen molar-refractivity contribution in [2.24, 2.45) is 0 Å². The molecule has 0 aliphatic rings. The first-order valence-corrected chi connectivity index (χ1v) is 28.3. The third kappa shape index (κ3) is 49.2. The molecule has 0 radical (unpaired) electrons. The van der Waals surface area contributed by atoms with Crippen LogP contribution in [0.15, 0.2) is 97.2 Å². The molecule has 70 heavy (non-hydrogen) atoms. The van der Waals surface area contributed by atoms with Gasteiger partial charge in [-0.15, -0.1) is 0 Å². The number of aliphatic carboxylic acids is 1. The summed E-state index contributed by atoms with van der Waals surface area (Å²) in [6.45, 7) is 4.50. The lowest BCUT2D eigenvalue weighted by Gasteiger charge is -2.34. The molecule has 0 amide bonds. The van der Waals surface area contributed by atoms with Crippen LogP contribution >= 0.6 is 0 Å². The first-order valence-electron chi connectivity index (χ1n) is 28.3. The van der Waals surface area contributed by atoms with E-state index < -0.39 is 18.1 Å². The quantitative estimate of drug-likeness (QED) is 0.0259. The van der Waals surface area contributed by atoms with Gasteiger partial charge in [0.25, 0.3) is 0 Å². The van der Waals surface area contributed by atoms with Gasteiger partial charge in [-0.05, 0) is 89.9 Å². The molecule has 8 nitrogen and oxygen atoms in total. The molecule has 2 atom stereocenters. The van der Waals surface area contributed by atoms with Gasteiger partial charge in [-0.3, -0.25) is 9.59 Å². The lowest BCUT2D eigenvalue weighted by Crippen LogP contribution is -2.55. The molecular weight excluding hydrogens is 871 g/mol. The van der Waals surface area contributed by atoms with Crippen LogP contribution in [-0.2, 0) is 28.6 Å². The molecule has 0 aromatic heterocycles. The van der Waals surface area contributed by atoms with E-state index in [0.717, 1.165) is 70.6 Å². The highest BCUT2D eigenvalue weighted by Gasteiger charge is 2.25. The number of carbonyl (C=O) groups excluding carboxylic acids is 3. The predicted octanol–water partition coefficient (Wildman–Crippen LogP) is 15.6. The topological polar surface area (TPSA) is 102 Å². The number of nitrogens with zero attached hydrogens (tertiary/aromatic N) is 1. The maximum absolute atomic E-state index is 12.8. The van der Waals surface area contributed by atoms with Crippen LogP contribution < -0.4 is 5.11 Å². The van der Waals surface area contributed by atoms with Gasteiger partial charge in [0.1, 0.15) is 12.6 Å². The fourth-order valence-corrected chi connectivity index (χ4v) is 7.88. The molecule has 0 N–H and O–H groups in total. The van der Waals surface area contributed by atoms with E-state index in [0.29, 0.717) is 12.8 Å². The minimum Gasteiger partial charge on any atom is -0.544 e. The number of unbranched alkanes of at least 4 members (excludes halogenated alkanes) is 20. The molecule has 0 fully saturated rings. The molecule has 0 heterocycles. The summed E-state index contributed by atoms with van der Waals surface area (Å²) in [5, 5.41) is 11.7. The second kappa shape index (κ2) is 51.6. The van der Waals surface area contributed by atoms with E-state index in [2.05, 4.69) is 111 Å². The SMILES string of the molecule is CC/C=C/C/C=C/C/C=C/C/C=C/C/C=C/C/C=C/C/C=C/CCCC(=O)OC(COCCC(C(=O)[O-])[N+](C)(C)C)COC(=O)CCCCCCCCC/C=C/CCCCCCCCCCCCCC. The zero-order valence-corrected chi connectivity index (χ0v) is 45.7. The summed E-state index contributed by atoms with van der Waals surface area (Å²) in [6, 6.07) is -0.743. The van der Waals surface area contributed by atoms with Crippen LogP contribution in [0.4, 0.5) is 0 Å². The van der Waals surface area contributed by atoms with Gasteiger partial charge in [0.05, 0.1) is 40.3 Å². The monoisotopic (exact) mass is 976 g/mol. The Labute approximate surface area is 430 Å². The van der Waals surface area contributed by atoms with Crippen LogP contribution in [0.3, 0.4) is 0 Å². The molecule has 0 saturated heterocycles. The second-order valence-corrected chi connectivity index (χ2v) is 19.8. The number of hydrogen-bond acceptors (Lipinski definition) is 7. The Morgan fingerprint density at radius 1 is 0.443 bits per heavy atom. The largest absolute Gasteiger partial charge is 0.544 e. The third-order valence-electron chi connectivity index (χ3n) is 12.2. The molecule has 2 unspecified atom stereocenters. The standard InChI is InChI=1S/C62H105NO7/c1-6-8-10-12-14-16-18-20-22-24-26-28-30-32-34-36-38-40-42-44-46-48-50-52-60(64)69-57-58(56-68-55-54-59(62(66)67)63(3,4)5)70-61(65)53-51-49-47-45-43-41-39-37-35-33-31-29-27-25-23-21-19-17-15-13-11-9-7-2/h9,11,15,17,21,23,27,29,32-35,39,41,45,47,58-59H,6-8,10,12-14,16,18-20,22,24-26,28,30-31,36-38,40,42-44,46,48-57H2,1-5H3/b11-9+,17-15+,23-21+,29-27+,34-32+,35-33+,41-39+,47-45+. The summed E-state index contributed by atoms with van der Waals surface area (Å²) in [4.78, 5) is 37.1. The van der Waals surface area contributed by atoms with Crippen molar-refractivity contribution in [3.8, 4) is 0 Å². The number of likely N-dealkylation sites (N-methyl/N-ethyl adjacent to an activating group) is 1. The van der Waals surface area contributed by atoms with E-state index in [-0.39, 0.29) is 49.1 Å². The van der Waals surface area contributed by atoms with Crippen molar-refractivity contribution in [3.05, 3.63) is 97.2 Å². The van der Waals surface area contributed by atoms with Crippen molar-refractivity contribution >= 4 is 17.9 Å². The van der Waals surface area contributed by atoms with Crippen LogP contribution in [0.1, 0.15) is 226 Å². The average molecular weight is 977 g/mol. The molecule has 400 valence electrons. The summed E-state index contributed by atoms with van der Waals surface area (Å²) in [7, 11) is 5.39. The van der Waals surface area contributed by atoms with E-state index >= 15 is 0 Å². The fraction of sp³-hybridized carbons (Fsp3) is 0.694. The molecule has 0 bridgehead atoms. The number of rotatable bonds is 50. The maximum atomic E-state index is 12.8. The second-order valence-electron chi connectivity index (χ2n) is 19.8. The molecule has 0 spiro atoms. The number of ether oxygens (including phenoxy) is 3. The van der Waals surface area contributed by atoms with E-state index in [1.54, 1.807) is 21.1 Å². The zero-order chi connectivity index (χ0) is 51.3. The average Bonchev–Trinajstić information content (AvgIpc) is 3.33. The van der Waals surface area contributed by atoms with Gasteiger partial charge >= 0.3 is 11.9 Å². The summed E-state index contributed by atoms with van der Waals surface area (Å²) in [5.41, 5.74) is 0. The van der Waals surface area contributed by atoms with Crippen LogP contribution in [0.25, 0.3) is 0 Å². The van der Waals surface area contributed by atoms with Crippen LogP contribution in [0.5, 0.6) is 0 Å². The van der Waals surface area contributed by atoms with Gasteiger partial charge in [-0.1, -0.05) is 214 Å². The van der Waals surface area contributed by atoms with Crippen molar-refractivity contribution in [2.75, 3.05) is 41.0 Å². The lowest BCUT2D eigenvalue weighted by molar-refractivity contribution is -0.889. The van der Waals surface area contributed by atoms with Gasteiger partial charge in [0, 0.05) is 19.3 Å². The Morgan fingerprint density at radius 2 is 0.814 bits per heavy atom.